The molecule has 1 aliphatic rings. The third-order valence-corrected chi connectivity index (χ3v) is 4.15. The molecule has 0 bridgehead atoms. The molecule has 0 saturated carbocycles. The van der Waals surface area contributed by atoms with Crippen LogP contribution in [0.3, 0.4) is 0 Å². The number of nitrogens with zero attached hydrogens (tertiary/aromatic N) is 4. The van der Waals surface area contributed by atoms with Gasteiger partial charge in [-0.1, -0.05) is 26.1 Å². The zero-order valence-electron chi connectivity index (χ0n) is 16.7. The second kappa shape index (κ2) is 10.8. The minimum Gasteiger partial charge on any atom is -0.471 e. The van der Waals surface area contributed by atoms with Crippen molar-refractivity contribution in [2.45, 2.75) is 20.0 Å². The van der Waals surface area contributed by atoms with Gasteiger partial charge in [0.15, 0.2) is 7.05 Å². The number of aromatic amines is 1. The molecule has 0 unspecified atom stereocenters. The van der Waals surface area contributed by atoms with Gasteiger partial charge in [0.2, 0.25) is 12.1 Å². The van der Waals surface area contributed by atoms with Crippen molar-refractivity contribution in [2.24, 2.45) is 7.05 Å². The van der Waals surface area contributed by atoms with Gasteiger partial charge in [0.1, 0.15) is 11.9 Å². The van der Waals surface area contributed by atoms with E-state index in [1.807, 2.05) is 62.5 Å². The Kier molecular flexibility index (Phi) is 8.78. The van der Waals surface area contributed by atoms with Crippen molar-refractivity contribution < 1.29 is 65.6 Å². The van der Waals surface area contributed by atoms with Crippen molar-refractivity contribution in [1.29, 1.82) is 0 Å². The standard InChI is InChI=1S/C18H16N5O2.C2H6.K/c1-22-9-15(8-21-22)14-4-5-19-18(6-14)25-16-10-23(11-16)17-3-2-13(12-24)7-20-17;1-2;/h2-9,16H,10-11H2,1H3;1-2H3;/q-1;;+1/p+1. The van der Waals surface area contributed by atoms with Crippen LogP contribution in [-0.4, -0.2) is 40.5 Å². The quantitative estimate of drug-likeness (QED) is 0.337. The van der Waals surface area contributed by atoms with Gasteiger partial charge in [-0.05, 0) is 11.6 Å². The van der Waals surface area contributed by atoms with E-state index in [1.165, 1.54) is 6.20 Å². The Bertz CT molecular complexity index is 892. The Balaban J connectivity index is 0.000000906. The summed E-state index contributed by atoms with van der Waals surface area (Å²) >= 11 is 0. The predicted molar refractivity (Wildman–Crippen MR) is 102 cm³/mol. The van der Waals surface area contributed by atoms with Gasteiger partial charge in [-0.2, -0.15) is 11.2 Å². The third kappa shape index (κ3) is 5.48. The van der Waals surface area contributed by atoms with Crippen LogP contribution in [0.25, 0.3) is 11.1 Å². The van der Waals surface area contributed by atoms with Crippen LogP contribution >= 0.6 is 0 Å². The molecule has 0 atom stereocenters. The van der Waals surface area contributed by atoms with Crippen LogP contribution in [0.15, 0.2) is 49.1 Å². The van der Waals surface area contributed by atoms with Gasteiger partial charge in [0.05, 0.1) is 31.1 Å². The van der Waals surface area contributed by atoms with Gasteiger partial charge < -0.3 is 19.4 Å². The number of H-pyrrole nitrogens is 1. The van der Waals surface area contributed by atoms with Gasteiger partial charge in [0, 0.05) is 12.3 Å². The fourth-order valence-electron chi connectivity index (χ4n) is 2.77. The Morgan fingerprint density at radius 3 is 2.61 bits per heavy atom. The summed E-state index contributed by atoms with van der Waals surface area (Å²) in [7, 11) is 1.94. The van der Waals surface area contributed by atoms with Crippen LogP contribution in [0.5, 0.6) is 5.88 Å². The fourth-order valence-corrected chi connectivity index (χ4v) is 2.77. The molecule has 4 heterocycles. The van der Waals surface area contributed by atoms with Crippen LogP contribution in [-0.2, 0) is 11.8 Å². The molecule has 0 aromatic carbocycles. The van der Waals surface area contributed by atoms with E-state index in [9.17, 15) is 4.79 Å². The summed E-state index contributed by atoms with van der Waals surface area (Å²) in [5.74, 6) is 1.45. The Morgan fingerprint density at radius 1 is 1.21 bits per heavy atom. The maximum absolute atomic E-state index is 10.5. The average molecular weight is 405 g/mol. The van der Waals surface area contributed by atoms with Gasteiger partial charge in [-0.15, -0.1) is 10.2 Å². The SMILES string of the molecule is CC.C[n+]1cc(-c2ccnc(OC3CN(c4ccc([C-]=O)cn4)C3)c2)c[nH]1.[K+]. The molecule has 0 spiro atoms. The first kappa shape index (κ1) is 22.7. The predicted octanol–water partition coefficient (Wildman–Crippen LogP) is -0.948. The smallest absolute Gasteiger partial charge is 0.471 e. The van der Waals surface area contributed by atoms with Crippen molar-refractivity contribution in [1.82, 2.24) is 15.1 Å². The van der Waals surface area contributed by atoms with Crippen LogP contribution in [0.2, 0.25) is 0 Å². The molecule has 1 N–H and O–H groups in total. The van der Waals surface area contributed by atoms with Crippen LogP contribution in [0, 0.1) is 0 Å². The van der Waals surface area contributed by atoms with E-state index < -0.39 is 0 Å². The first-order chi connectivity index (χ1) is 13.2. The van der Waals surface area contributed by atoms with E-state index in [-0.39, 0.29) is 57.5 Å². The van der Waals surface area contributed by atoms with E-state index in [1.54, 1.807) is 12.3 Å². The molecule has 3 aromatic rings. The molecular formula is C20H23KN5O2+. The summed E-state index contributed by atoms with van der Waals surface area (Å²) in [5, 5.41) is 3.10. The number of hydrogen-bond acceptors (Lipinski definition) is 5. The molecule has 4 rings (SSSR count). The summed E-state index contributed by atoms with van der Waals surface area (Å²) in [4.78, 5) is 21.2. The number of hydrogen-bond donors (Lipinski definition) is 1. The first-order valence-corrected chi connectivity index (χ1v) is 8.97. The maximum Gasteiger partial charge on any atom is 1.00 e. The fraction of sp³-hybridized carbons (Fsp3) is 0.300. The van der Waals surface area contributed by atoms with Crippen molar-refractivity contribution in [3.05, 3.63) is 54.6 Å². The van der Waals surface area contributed by atoms with Gasteiger partial charge in [0.25, 0.3) is 0 Å². The molecule has 0 amide bonds. The van der Waals surface area contributed by atoms with Gasteiger partial charge >= 0.3 is 51.4 Å². The number of pyridine rings is 2. The maximum atomic E-state index is 10.5. The zero-order valence-corrected chi connectivity index (χ0v) is 19.8. The minimum absolute atomic E-state index is 0. The summed E-state index contributed by atoms with van der Waals surface area (Å²) in [6.07, 6.45) is 9.13. The summed E-state index contributed by atoms with van der Waals surface area (Å²) < 4.78 is 7.85. The molecule has 3 aromatic heterocycles. The molecule has 1 aliphatic heterocycles. The molecule has 7 nitrogen and oxygen atoms in total. The van der Waals surface area contributed by atoms with Crippen molar-refractivity contribution in [3.8, 4) is 17.0 Å². The monoisotopic (exact) mass is 404 g/mol. The number of rotatable bonds is 5. The molecular weight excluding hydrogens is 381 g/mol. The van der Waals surface area contributed by atoms with E-state index in [2.05, 4.69) is 20.0 Å². The average Bonchev–Trinajstić information content (AvgIpc) is 3.13. The van der Waals surface area contributed by atoms with Crippen LogP contribution in [0.4, 0.5) is 5.82 Å². The minimum atomic E-state index is 0. The third-order valence-electron chi connectivity index (χ3n) is 4.15. The largest absolute Gasteiger partial charge is 1.00 e. The number of carbonyl (C=O) groups excluding carboxylic acids is 1. The van der Waals surface area contributed by atoms with Gasteiger partial charge in [-0.3, -0.25) is 0 Å². The molecule has 8 heteroatoms. The number of aryl methyl sites for hydroxylation is 1. The Labute approximate surface area is 207 Å². The summed E-state index contributed by atoms with van der Waals surface area (Å²) in [6, 6.07) is 7.43. The van der Waals surface area contributed by atoms with E-state index in [0.717, 1.165) is 30.0 Å². The summed E-state index contributed by atoms with van der Waals surface area (Å²) in [5.41, 5.74) is 2.60. The normalized spacial score (nSPS) is 12.9. The zero-order chi connectivity index (χ0) is 19.2. The Hall–Kier alpha value is -1.58. The molecule has 140 valence electrons. The summed E-state index contributed by atoms with van der Waals surface area (Å²) in [6.45, 7) is 5.48. The topological polar surface area (TPSA) is 75.0 Å². The molecule has 0 radical (unpaired) electrons. The van der Waals surface area contributed by atoms with E-state index in [0.29, 0.717) is 11.4 Å². The number of ether oxygens (including phenoxy) is 1. The first-order valence-electron chi connectivity index (χ1n) is 8.97. The second-order valence-corrected chi connectivity index (χ2v) is 6.00. The van der Waals surface area contributed by atoms with Crippen molar-refractivity contribution in [3.63, 3.8) is 0 Å². The van der Waals surface area contributed by atoms with Crippen molar-refractivity contribution >= 4 is 12.1 Å². The van der Waals surface area contributed by atoms with Gasteiger partial charge in [-0.25, -0.2) is 4.98 Å². The molecule has 1 fully saturated rings. The number of nitrogens with one attached hydrogen (secondary N) is 1. The number of aromatic nitrogens is 4. The second-order valence-electron chi connectivity index (χ2n) is 6.00. The van der Waals surface area contributed by atoms with E-state index >= 15 is 0 Å². The molecule has 0 aliphatic carbocycles. The van der Waals surface area contributed by atoms with E-state index in [4.69, 9.17) is 4.74 Å². The van der Waals surface area contributed by atoms with Crippen LogP contribution < -0.4 is 65.7 Å². The van der Waals surface area contributed by atoms with Crippen LogP contribution in [0.1, 0.15) is 19.4 Å². The Morgan fingerprint density at radius 2 is 2.00 bits per heavy atom. The molecule has 28 heavy (non-hydrogen) atoms. The molecule has 1 saturated heterocycles. The van der Waals surface area contributed by atoms with Crippen molar-refractivity contribution in [2.75, 3.05) is 18.0 Å². The number of anilines is 1.